The van der Waals surface area contributed by atoms with Crippen LogP contribution in [-0.4, -0.2) is 39.9 Å². The van der Waals surface area contributed by atoms with Gasteiger partial charge in [0.05, 0.1) is 17.7 Å². The second kappa shape index (κ2) is 5.95. The van der Waals surface area contributed by atoms with Crippen LogP contribution >= 0.6 is 0 Å². The number of alkyl halides is 3. The fraction of sp³-hybridized carbons (Fsp3) is 0.588. The van der Waals surface area contributed by atoms with E-state index in [-0.39, 0.29) is 19.1 Å². The Balaban J connectivity index is 2.36. The molecule has 24 heavy (non-hydrogen) atoms. The summed E-state index contributed by atoms with van der Waals surface area (Å²) in [6.07, 6.45) is -5.17. The minimum absolute atomic E-state index is 0.151. The number of halogens is 3. The van der Waals surface area contributed by atoms with E-state index in [1.807, 2.05) is 20.8 Å². The maximum absolute atomic E-state index is 12.7. The molecule has 0 saturated carbocycles. The number of carboxylic acid groups (broad SMARTS) is 1. The van der Waals surface area contributed by atoms with Gasteiger partial charge in [0.25, 0.3) is 0 Å². The van der Waals surface area contributed by atoms with Crippen molar-refractivity contribution in [1.29, 1.82) is 0 Å². The highest BCUT2D eigenvalue weighted by atomic mass is 19.4. The summed E-state index contributed by atoms with van der Waals surface area (Å²) in [4.78, 5) is 12.9. The maximum atomic E-state index is 12.7. The molecule has 0 aliphatic carbocycles. The van der Waals surface area contributed by atoms with Crippen molar-refractivity contribution < 1.29 is 28.2 Å². The lowest BCUT2D eigenvalue weighted by molar-refractivity contribution is -0.137. The zero-order chi connectivity index (χ0) is 18.3. The predicted octanol–water partition coefficient (Wildman–Crippen LogP) is 3.95. The molecule has 1 unspecified atom stereocenters. The van der Waals surface area contributed by atoms with Gasteiger partial charge in [0.2, 0.25) is 0 Å². The lowest BCUT2D eigenvalue weighted by atomic mass is 9.70. The monoisotopic (exact) mass is 345 g/mol. The molecular formula is C17H22F3NO3. The van der Waals surface area contributed by atoms with E-state index in [2.05, 4.69) is 0 Å². The van der Waals surface area contributed by atoms with Gasteiger partial charge in [-0.3, -0.25) is 4.90 Å². The third-order valence-electron chi connectivity index (χ3n) is 5.10. The van der Waals surface area contributed by atoms with Crippen LogP contribution in [0.5, 0.6) is 0 Å². The Morgan fingerprint density at radius 2 is 1.79 bits per heavy atom. The summed E-state index contributed by atoms with van der Waals surface area (Å²) in [5.41, 5.74) is -1.56. The quantitative estimate of drug-likeness (QED) is 0.853. The van der Waals surface area contributed by atoms with E-state index in [0.29, 0.717) is 12.0 Å². The molecule has 7 heteroatoms. The molecule has 2 atom stereocenters. The van der Waals surface area contributed by atoms with Crippen molar-refractivity contribution in [2.75, 3.05) is 13.2 Å². The van der Waals surface area contributed by atoms with E-state index in [0.717, 1.165) is 12.1 Å². The summed E-state index contributed by atoms with van der Waals surface area (Å²) in [7, 11) is 0. The molecule has 1 aliphatic heterocycles. The van der Waals surface area contributed by atoms with Gasteiger partial charge < -0.3 is 10.2 Å². The number of nitrogens with zero attached hydrogens (tertiary/aromatic N) is 1. The van der Waals surface area contributed by atoms with Crippen LogP contribution in [0, 0.1) is 5.41 Å². The van der Waals surface area contributed by atoms with E-state index in [1.165, 1.54) is 17.0 Å². The lowest BCUT2D eigenvalue weighted by Gasteiger charge is -2.45. The molecule has 1 fully saturated rings. The highest BCUT2D eigenvalue weighted by Gasteiger charge is 2.54. The van der Waals surface area contributed by atoms with Gasteiger partial charge in [0.15, 0.2) is 0 Å². The van der Waals surface area contributed by atoms with Crippen LogP contribution in [0.25, 0.3) is 0 Å². The van der Waals surface area contributed by atoms with E-state index >= 15 is 0 Å². The molecule has 0 radical (unpaired) electrons. The lowest BCUT2D eigenvalue weighted by Crippen LogP contribution is -2.57. The van der Waals surface area contributed by atoms with Gasteiger partial charge in [-0.2, -0.15) is 13.2 Å². The molecule has 2 rings (SSSR count). The Labute approximate surface area is 138 Å². The molecular weight excluding hydrogens is 323 g/mol. The topological polar surface area (TPSA) is 60.8 Å². The predicted molar refractivity (Wildman–Crippen MR) is 82.8 cm³/mol. The van der Waals surface area contributed by atoms with Crippen LogP contribution in [0.1, 0.15) is 44.2 Å². The van der Waals surface area contributed by atoms with Crippen molar-refractivity contribution in [1.82, 2.24) is 4.90 Å². The van der Waals surface area contributed by atoms with Gasteiger partial charge in [-0.25, -0.2) is 4.79 Å². The fourth-order valence-electron chi connectivity index (χ4n) is 3.50. The third kappa shape index (κ3) is 3.09. The molecule has 0 aromatic heterocycles. The molecule has 1 heterocycles. The highest BCUT2D eigenvalue weighted by Crippen LogP contribution is 2.48. The van der Waals surface area contributed by atoms with E-state index in [4.69, 9.17) is 0 Å². The molecule has 1 aliphatic rings. The Morgan fingerprint density at radius 3 is 2.12 bits per heavy atom. The van der Waals surface area contributed by atoms with Crippen LogP contribution in [0.15, 0.2) is 24.3 Å². The Hall–Kier alpha value is -1.76. The molecule has 0 spiro atoms. The number of hydrogen-bond donors (Lipinski definition) is 2. The van der Waals surface area contributed by atoms with Gasteiger partial charge >= 0.3 is 12.3 Å². The average molecular weight is 345 g/mol. The SMILES string of the molecule is CC(C)(C)[C@]1(CO)CC(c2ccc(C(F)(F)F)cc2)CN1C(=O)O. The first kappa shape index (κ1) is 18.6. The number of aliphatic hydroxyl groups is 1. The zero-order valence-electron chi connectivity index (χ0n) is 13.9. The normalized spacial score (nSPS) is 25.1. The number of aliphatic hydroxyl groups excluding tert-OH is 1. The zero-order valence-corrected chi connectivity index (χ0v) is 13.9. The summed E-state index contributed by atoms with van der Waals surface area (Å²) in [6, 6.07) is 4.81. The van der Waals surface area contributed by atoms with Gasteiger partial charge in [0.1, 0.15) is 0 Å². The van der Waals surface area contributed by atoms with Crippen molar-refractivity contribution in [2.45, 2.75) is 44.8 Å². The van der Waals surface area contributed by atoms with E-state index < -0.39 is 28.8 Å². The van der Waals surface area contributed by atoms with Crippen molar-refractivity contribution >= 4 is 6.09 Å². The summed E-state index contributed by atoms with van der Waals surface area (Å²) < 4.78 is 38.0. The first-order chi connectivity index (χ1) is 10.9. The minimum atomic E-state index is -4.40. The average Bonchev–Trinajstić information content (AvgIpc) is 2.87. The van der Waals surface area contributed by atoms with Gasteiger partial charge in [-0.15, -0.1) is 0 Å². The fourth-order valence-corrected chi connectivity index (χ4v) is 3.50. The first-order valence-corrected chi connectivity index (χ1v) is 7.71. The molecule has 4 nitrogen and oxygen atoms in total. The minimum Gasteiger partial charge on any atom is -0.465 e. The highest BCUT2D eigenvalue weighted by molar-refractivity contribution is 5.67. The third-order valence-corrected chi connectivity index (χ3v) is 5.10. The van der Waals surface area contributed by atoms with Crippen LogP contribution in [-0.2, 0) is 6.18 Å². The van der Waals surface area contributed by atoms with Gasteiger partial charge in [0, 0.05) is 12.5 Å². The summed E-state index contributed by atoms with van der Waals surface area (Å²) >= 11 is 0. The molecule has 1 saturated heterocycles. The summed E-state index contributed by atoms with van der Waals surface area (Å²) in [6.45, 7) is 5.38. The molecule has 2 N–H and O–H groups in total. The van der Waals surface area contributed by atoms with E-state index in [9.17, 15) is 28.2 Å². The van der Waals surface area contributed by atoms with Crippen molar-refractivity contribution in [3.63, 3.8) is 0 Å². The number of amides is 1. The van der Waals surface area contributed by atoms with Crippen LogP contribution < -0.4 is 0 Å². The Morgan fingerprint density at radius 1 is 1.25 bits per heavy atom. The first-order valence-electron chi connectivity index (χ1n) is 7.71. The van der Waals surface area contributed by atoms with Crippen molar-refractivity contribution in [3.05, 3.63) is 35.4 Å². The second-order valence-electron chi connectivity index (χ2n) is 7.35. The smallest absolute Gasteiger partial charge is 0.416 e. The number of hydrogen-bond acceptors (Lipinski definition) is 2. The van der Waals surface area contributed by atoms with Gasteiger partial charge in [-0.05, 0) is 29.5 Å². The molecule has 1 amide bonds. The largest absolute Gasteiger partial charge is 0.465 e. The summed E-state index contributed by atoms with van der Waals surface area (Å²) in [5, 5.41) is 19.5. The number of rotatable bonds is 2. The standard InChI is InChI=1S/C17H22F3NO3/c1-15(2,3)16(10-22)8-12(9-21(16)14(23)24)11-4-6-13(7-5-11)17(18,19)20/h4-7,12,22H,8-10H2,1-3H3,(H,23,24)/t12?,16-/m1/s1. The molecule has 134 valence electrons. The molecule has 1 aromatic rings. The number of likely N-dealkylation sites (tertiary alicyclic amines) is 1. The van der Waals surface area contributed by atoms with Crippen LogP contribution in [0.4, 0.5) is 18.0 Å². The maximum Gasteiger partial charge on any atom is 0.416 e. The van der Waals surface area contributed by atoms with Gasteiger partial charge in [-0.1, -0.05) is 32.9 Å². The van der Waals surface area contributed by atoms with Crippen molar-refractivity contribution in [2.24, 2.45) is 5.41 Å². The second-order valence-corrected chi connectivity index (χ2v) is 7.35. The Bertz CT molecular complexity index is 607. The Kier molecular flexibility index (Phi) is 4.61. The van der Waals surface area contributed by atoms with E-state index in [1.54, 1.807) is 0 Å². The molecule has 0 bridgehead atoms. The molecule has 1 aromatic carbocycles. The van der Waals surface area contributed by atoms with Crippen LogP contribution in [0.2, 0.25) is 0 Å². The van der Waals surface area contributed by atoms with Crippen LogP contribution in [0.3, 0.4) is 0 Å². The van der Waals surface area contributed by atoms with Crippen molar-refractivity contribution in [3.8, 4) is 0 Å². The summed E-state index contributed by atoms with van der Waals surface area (Å²) in [5.74, 6) is -0.255. The number of carbonyl (C=O) groups is 1. The number of benzene rings is 1.